The Balaban J connectivity index is 2.76. The zero-order valence-corrected chi connectivity index (χ0v) is 12.4. The number of benzene rings is 1. The molecule has 0 bridgehead atoms. The molecule has 0 spiro atoms. The normalized spacial score (nSPS) is 13.3. The van der Waals surface area contributed by atoms with Crippen molar-refractivity contribution < 1.29 is 14.7 Å². The number of aliphatic hydroxyl groups is 1. The first-order valence-corrected chi connectivity index (χ1v) is 7.52. The smallest absolute Gasteiger partial charge is 0.321 e. The Morgan fingerprint density at radius 2 is 1.95 bits per heavy atom. The van der Waals surface area contributed by atoms with Gasteiger partial charge in [0.05, 0.1) is 6.10 Å². The molecule has 2 atom stereocenters. The van der Waals surface area contributed by atoms with Crippen molar-refractivity contribution in [2.75, 3.05) is 12.3 Å². The van der Waals surface area contributed by atoms with Crippen LogP contribution in [0.25, 0.3) is 0 Å². The van der Waals surface area contributed by atoms with Gasteiger partial charge in [-0.2, -0.15) is 0 Å². The van der Waals surface area contributed by atoms with Crippen molar-refractivity contribution in [2.24, 2.45) is 0 Å². The van der Waals surface area contributed by atoms with Crippen LogP contribution in [-0.2, 0) is 4.79 Å². The number of urea groups is 1. The molecule has 0 saturated carbocycles. The third-order valence-corrected chi connectivity index (χ3v) is 3.91. The topological polar surface area (TPSA) is 78.4 Å². The molecule has 5 nitrogen and oxygen atoms in total. The number of imide groups is 1. The van der Waals surface area contributed by atoms with Crippen LogP contribution in [0.4, 0.5) is 4.79 Å². The standard InChI is InChI=1S/C14H20N2O3S/c1-3-15-14(19)16-13(18)12(20-9-10(2)17)11-7-5-4-6-8-11/h4-8,10,12,17H,3,9H2,1-2H3,(H2,15,16,18,19). The van der Waals surface area contributed by atoms with Gasteiger partial charge in [-0.15, -0.1) is 11.8 Å². The molecule has 6 heteroatoms. The van der Waals surface area contributed by atoms with Gasteiger partial charge in [0, 0.05) is 12.3 Å². The summed E-state index contributed by atoms with van der Waals surface area (Å²) in [5.41, 5.74) is 0.806. The second-order valence-corrected chi connectivity index (χ2v) is 5.46. The molecule has 3 N–H and O–H groups in total. The van der Waals surface area contributed by atoms with E-state index in [1.165, 1.54) is 11.8 Å². The fourth-order valence-corrected chi connectivity index (χ4v) is 2.60. The lowest BCUT2D eigenvalue weighted by Gasteiger charge is -2.17. The van der Waals surface area contributed by atoms with E-state index in [0.29, 0.717) is 12.3 Å². The van der Waals surface area contributed by atoms with Crippen LogP contribution in [0.2, 0.25) is 0 Å². The van der Waals surface area contributed by atoms with E-state index in [9.17, 15) is 14.7 Å². The maximum atomic E-state index is 12.2. The highest BCUT2D eigenvalue weighted by atomic mass is 32.2. The van der Waals surface area contributed by atoms with Gasteiger partial charge in [-0.05, 0) is 19.4 Å². The third-order valence-electron chi connectivity index (χ3n) is 2.42. The van der Waals surface area contributed by atoms with E-state index in [2.05, 4.69) is 10.6 Å². The SMILES string of the molecule is CCNC(=O)NC(=O)C(SCC(C)O)c1ccccc1. The van der Waals surface area contributed by atoms with E-state index in [0.717, 1.165) is 5.56 Å². The molecule has 0 aliphatic heterocycles. The van der Waals surface area contributed by atoms with Crippen molar-refractivity contribution in [3.05, 3.63) is 35.9 Å². The molecule has 0 heterocycles. The zero-order valence-electron chi connectivity index (χ0n) is 11.6. The summed E-state index contributed by atoms with van der Waals surface area (Å²) in [6.45, 7) is 3.90. The summed E-state index contributed by atoms with van der Waals surface area (Å²) in [7, 11) is 0. The van der Waals surface area contributed by atoms with Crippen LogP contribution in [-0.4, -0.2) is 35.4 Å². The summed E-state index contributed by atoms with van der Waals surface area (Å²) in [6, 6.07) is 8.70. The minimum Gasteiger partial charge on any atom is -0.393 e. The molecular formula is C14H20N2O3S. The zero-order chi connectivity index (χ0) is 15.0. The lowest BCUT2D eigenvalue weighted by molar-refractivity contribution is -0.119. The molecule has 0 fully saturated rings. The number of carbonyl (C=O) groups is 2. The van der Waals surface area contributed by atoms with Gasteiger partial charge >= 0.3 is 6.03 Å². The van der Waals surface area contributed by atoms with Gasteiger partial charge in [0.15, 0.2) is 0 Å². The van der Waals surface area contributed by atoms with Gasteiger partial charge in [0.1, 0.15) is 5.25 Å². The molecular weight excluding hydrogens is 276 g/mol. The number of nitrogens with one attached hydrogen (secondary N) is 2. The number of rotatable bonds is 6. The Morgan fingerprint density at radius 3 is 2.50 bits per heavy atom. The van der Waals surface area contributed by atoms with E-state index in [1.54, 1.807) is 13.8 Å². The van der Waals surface area contributed by atoms with E-state index >= 15 is 0 Å². The number of aliphatic hydroxyl groups excluding tert-OH is 1. The number of hydrogen-bond donors (Lipinski definition) is 3. The van der Waals surface area contributed by atoms with E-state index in [1.807, 2.05) is 30.3 Å². The highest BCUT2D eigenvalue weighted by Crippen LogP contribution is 2.29. The summed E-state index contributed by atoms with van der Waals surface area (Å²) in [4.78, 5) is 23.6. The number of carbonyl (C=O) groups excluding carboxylic acids is 2. The average Bonchev–Trinajstić information content (AvgIpc) is 2.40. The van der Waals surface area contributed by atoms with Crippen LogP contribution in [0.3, 0.4) is 0 Å². The first-order valence-electron chi connectivity index (χ1n) is 6.48. The predicted octanol–water partition coefficient (Wildman–Crippen LogP) is 1.69. The third kappa shape index (κ3) is 5.63. The second-order valence-electron chi connectivity index (χ2n) is 4.32. The molecule has 1 aromatic rings. The van der Waals surface area contributed by atoms with Gasteiger partial charge in [0.2, 0.25) is 5.91 Å². The monoisotopic (exact) mass is 296 g/mol. The Morgan fingerprint density at radius 1 is 1.30 bits per heavy atom. The van der Waals surface area contributed by atoms with Gasteiger partial charge in [0.25, 0.3) is 0 Å². The fourth-order valence-electron chi connectivity index (χ4n) is 1.57. The summed E-state index contributed by atoms with van der Waals surface area (Å²) >= 11 is 1.31. The Kier molecular flexibility index (Phi) is 7.11. The summed E-state index contributed by atoms with van der Waals surface area (Å²) in [5, 5.41) is 13.7. The summed E-state index contributed by atoms with van der Waals surface area (Å²) in [5.74, 6) is 0.0374. The largest absolute Gasteiger partial charge is 0.393 e. The van der Waals surface area contributed by atoms with Crippen LogP contribution in [0.1, 0.15) is 24.7 Å². The van der Waals surface area contributed by atoms with Crippen LogP contribution < -0.4 is 10.6 Å². The van der Waals surface area contributed by atoms with Gasteiger partial charge in [-0.25, -0.2) is 4.79 Å². The highest BCUT2D eigenvalue weighted by molar-refractivity contribution is 8.00. The molecule has 20 heavy (non-hydrogen) atoms. The first kappa shape index (κ1) is 16.5. The number of thioether (sulfide) groups is 1. The van der Waals surface area contributed by atoms with Gasteiger partial charge in [-0.3, -0.25) is 10.1 Å². The lowest BCUT2D eigenvalue weighted by atomic mass is 10.1. The average molecular weight is 296 g/mol. The molecule has 2 unspecified atom stereocenters. The fraction of sp³-hybridized carbons (Fsp3) is 0.429. The van der Waals surface area contributed by atoms with Crippen molar-refractivity contribution in [2.45, 2.75) is 25.2 Å². The van der Waals surface area contributed by atoms with Crippen molar-refractivity contribution in [3.8, 4) is 0 Å². The van der Waals surface area contributed by atoms with Crippen LogP contribution in [0.15, 0.2) is 30.3 Å². The van der Waals surface area contributed by atoms with E-state index < -0.39 is 17.4 Å². The first-order chi connectivity index (χ1) is 9.54. The quantitative estimate of drug-likeness (QED) is 0.746. The molecule has 0 saturated heterocycles. The summed E-state index contributed by atoms with van der Waals surface area (Å²) < 4.78 is 0. The van der Waals surface area contributed by atoms with E-state index in [-0.39, 0.29) is 5.91 Å². The predicted molar refractivity (Wildman–Crippen MR) is 80.5 cm³/mol. The summed E-state index contributed by atoms with van der Waals surface area (Å²) in [6.07, 6.45) is -0.511. The number of amides is 3. The number of hydrogen-bond acceptors (Lipinski definition) is 4. The van der Waals surface area contributed by atoms with Crippen molar-refractivity contribution in [3.63, 3.8) is 0 Å². The van der Waals surface area contributed by atoms with E-state index in [4.69, 9.17) is 0 Å². The Labute approximate surface area is 123 Å². The van der Waals surface area contributed by atoms with Crippen LogP contribution >= 0.6 is 11.8 Å². The molecule has 0 aromatic heterocycles. The molecule has 0 aliphatic rings. The molecule has 3 amide bonds. The maximum absolute atomic E-state index is 12.2. The lowest BCUT2D eigenvalue weighted by Crippen LogP contribution is -2.41. The minimum atomic E-state index is -0.520. The highest BCUT2D eigenvalue weighted by Gasteiger charge is 2.23. The molecule has 1 rings (SSSR count). The van der Waals surface area contributed by atoms with Gasteiger partial charge in [-0.1, -0.05) is 30.3 Å². The van der Waals surface area contributed by atoms with Gasteiger partial charge < -0.3 is 10.4 Å². The molecule has 1 aromatic carbocycles. The van der Waals surface area contributed by atoms with Crippen molar-refractivity contribution in [1.82, 2.24) is 10.6 Å². The Bertz CT molecular complexity index is 437. The molecule has 0 radical (unpaired) electrons. The molecule has 110 valence electrons. The Hall–Kier alpha value is -1.53. The maximum Gasteiger partial charge on any atom is 0.321 e. The molecule has 0 aliphatic carbocycles. The van der Waals surface area contributed by atoms with Crippen molar-refractivity contribution in [1.29, 1.82) is 0 Å². The minimum absolute atomic E-state index is 0.382. The van der Waals surface area contributed by atoms with Crippen LogP contribution in [0.5, 0.6) is 0 Å². The second kappa shape index (κ2) is 8.60. The van der Waals surface area contributed by atoms with Crippen molar-refractivity contribution >= 4 is 23.7 Å². The van der Waals surface area contributed by atoms with Crippen LogP contribution in [0, 0.1) is 0 Å².